The third-order valence-corrected chi connectivity index (χ3v) is 4.49. The maximum absolute atomic E-state index is 13.8. The van der Waals surface area contributed by atoms with E-state index in [1.54, 1.807) is 25.9 Å². The van der Waals surface area contributed by atoms with Crippen molar-refractivity contribution in [2.75, 3.05) is 40.3 Å². The number of nitrogens with zero attached hydrogens (tertiary/aromatic N) is 4. The number of likely N-dealkylation sites (tertiary alicyclic amines) is 1. The number of aliphatic imine (C=N–C) groups is 1. The second kappa shape index (κ2) is 13.2. The van der Waals surface area contributed by atoms with Crippen molar-refractivity contribution < 1.29 is 18.7 Å². The van der Waals surface area contributed by atoms with Crippen LogP contribution in [0.15, 0.2) is 23.3 Å². The van der Waals surface area contributed by atoms with Crippen LogP contribution in [0.3, 0.4) is 0 Å². The normalized spacial score (nSPS) is 14.5. The molecule has 0 radical (unpaired) electrons. The molecular weight excluding hydrogens is 506 g/mol. The summed E-state index contributed by atoms with van der Waals surface area (Å²) < 4.78 is 18.8. The summed E-state index contributed by atoms with van der Waals surface area (Å²) in [7, 11) is 3.34. The summed E-state index contributed by atoms with van der Waals surface area (Å²) in [5, 5.41) is 6.25. The van der Waals surface area contributed by atoms with Crippen LogP contribution in [-0.2, 0) is 16.1 Å². The van der Waals surface area contributed by atoms with Crippen molar-refractivity contribution in [2.24, 2.45) is 4.99 Å². The van der Waals surface area contributed by atoms with Crippen molar-refractivity contribution in [3.05, 3.63) is 29.8 Å². The zero-order valence-corrected chi connectivity index (χ0v) is 19.9. The Morgan fingerprint density at radius 1 is 1.37 bits per heavy atom. The Labute approximate surface area is 193 Å². The fraction of sp³-hybridized carbons (Fsp3) is 0.579. The van der Waals surface area contributed by atoms with Crippen molar-refractivity contribution in [1.29, 1.82) is 0 Å². The summed E-state index contributed by atoms with van der Waals surface area (Å²) in [5.74, 6) is -0.136. The molecular formula is C19H30FIN6O3. The zero-order chi connectivity index (χ0) is 21.2. The number of carbonyl (C=O) groups excluding carboxylic acids is 2. The number of nitrogens with one attached hydrogen (secondary N) is 2. The quantitative estimate of drug-likeness (QED) is 0.326. The van der Waals surface area contributed by atoms with Gasteiger partial charge in [0.2, 0.25) is 5.91 Å². The Morgan fingerprint density at radius 2 is 2.07 bits per heavy atom. The van der Waals surface area contributed by atoms with Crippen molar-refractivity contribution in [3.63, 3.8) is 0 Å². The zero-order valence-electron chi connectivity index (χ0n) is 17.6. The highest BCUT2D eigenvalue weighted by Gasteiger charge is 2.24. The number of carbonyl (C=O) groups is 2. The fourth-order valence-corrected chi connectivity index (χ4v) is 2.77. The molecule has 2 amide bonds. The molecule has 0 bridgehead atoms. The first-order chi connectivity index (χ1) is 13.9. The number of amides is 2. The molecule has 1 saturated heterocycles. The molecule has 2 N–H and O–H groups in total. The fourth-order valence-electron chi connectivity index (χ4n) is 2.77. The summed E-state index contributed by atoms with van der Waals surface area (Å²) in [5.41, 5.74) is 0.227. The first-order valence-electron chi connectivity index (χ1n) is 9.66. The van der Waals surface area contributed by atoms with E-state index in [0.717, 1.165) is 0 Å². The predicted molar refractivity (Wildman–Crippen MR) is 122 cm³/mol. The number of pyridine rings is 1. The molecule has 2 heterocycles. The minimum Gasteiger partial charge on any atom is -0.450 e. The van der Waals surface area contributed by atoms with E-state index in [9.17, 15) is 14.0 Å². The first kappa shape index (κ1) is 25.9. The van der Waals surface area contributed by atoms with E-state index in [-0.39, 0.29) is 60.8 Å². The molecule has 1 fully saturated rings. The van der Waals surface area contributed by atoms with Gasteiger partial charge in [-0.05, 0) is 31.9 Å². The van der Waals surface area contributed by atoms with E-state index in [1.807, 2.05) is 0 Å². The van der Waals surface area contributed by atoms with Crippen LogP contribution in [0, 0.1) is 5.82 Å². The number of piperidine rings is 1. The van der Waals surface area contributed by atoms with Crippen molar-refractivity contribution in [1.82, 2.24) is 25.4 Å². The molecule has 9 nitrogen and oxygen atoms in total. The summed E-state index contributed by atoms with van der Waals surface area (Å²) in [6.07, 6.45) is 2.62. The summed E-state index contributed by atoms with van der Waals surface area (Å²) >= 11 is 0. The number of hydrogen-bond donors (Lipinski definition) is 2. The largest absolute Gasteiger partial charge is 0.450 e. The van der Waals surface area contributed by atoms with Gasteiger partial charge in [0.15, 0.2) is 5.96 Å². The van der Waals surface area contributed by atoms with Crippen LogP contribution in [0.2, 0.25) is 0 Å². The highest BCUT2D eigenvalue weighted by Crippen LogP contribution is 2.12. The minimum absolute atomic E-state index is 0. The van der Waals surface area contributed by atoms with Gasteiger partial charge in [0.05, 0.1) is 25.4 Å². The van der Waals surface area contributed by atoms with E-state index in [2.05, 4.69) is 20.6 Å². The lowest BCUT2D eigenvalue weighted by atomic mass is 10.1. The van der Waals surface area contributed by atoms with Crippen LogP contribution in [0.5, 0.6) is 0 Å². The molecule has 0 aliphatic carbocycles. The van der Waals surface area contributed by atoms with Gasteiger partial charge < -0.3 is 25.2 Å². The van der Waals surface area contributed by atoms with Crippen LogP contribution in [-0.4, -0.2) is 79.1 Å². The standard InChI is InChI=1S/C19H29FN6O3.HI/c1-4-29-19(28)26-10-7-14(8-11-26)24-18(23-13-17(27)25(2)3)22-12-16-15(20)6-5-9-21-16;/h5-6,9,14H,4,7-8,10-13H2,1-3H3,(H2,22,23,24);1H. The molecule has 0 saturated carbocycles. The number of aromatic nitrogens is 1. The first-order valence-corrected chi connectivity index (χ1v) is 9.66. The predicted octanol–water partition coefficient (Wildman–Crippen LogP) is 1.58. The van der Waals surface area contributed by atoms with Crippen LogP contribution in [0.1, 0.15) is 25.5 Å². The second-order valence-electron chi connectivity index (χ2n) is 6.84. The number of halogens is 2. The van der Waals surface area contributed by atoms with E-state index in [4.69, 9.17) is 4.74 Å². The lowest BCUT2D eigenvalue weighted by Gasteiger charge is -2.32. The van der Waals surface area contributed by atoms with Gasteiger partial charge in [0.25, 0.3) is 0 Å². The molecule has 1 aliphatic rings. The van der Waals surface area contributed by atoms with Gasteiger partial charge in [0, 0.05) is 39.4 Å². The van der Waals surface area contributed by atoms with E-state index in [1.165, 1.54) is 23.2 Å². The highest BCUT2D eigenvalue weighted by atomic mass is 127. The Bertz CT molecular complexity index is 726. The molecule has 1 aromatic rings. The van der Waals surface area contributed by atoms with Crippen LogP contribution in [0.4, 0.5) is 9.18 Å². The number of rotatable bonds is 6. The molecule has 1 aliphatic heterocycles. The van der Waals surface area contributed by atoms with E-state index >= 15 is 0 Å². The summed E-state index contributed by atoms with van der Waals surface area (Å²) in [6, 6.07) is 2.92. The Morgan fingerprint density at radius 3 is 2.67 bits per heavy atom. The average Bonchev–Trinajstić information content (AvgIpc) is 2.71. The molecule has 30 heavy (non-hydrogen) atoms. The summed E-state index contributed by atoms with van der Waals surface area (Å²) in [6.45, 7) is 3.36. The number of guanidine groups is 1. The smallest absolute Gasteiger partial charge is 0.409 e. The Kier molecular flexibility index (Phi) is 11.4. The number of likely N-dealkylation sites (N-methyl/N-ethyl adjacent to an activating group) is 1. The number of ether oxygens (including phenoxy) is 1. The second-order valence-corrected chi connectivity index (χ2v) is 6.84. The third kappa shape index (κ3) is 8.28. The lowest BCUT2D eigenvalue weighted by molar-refractivity contribution is -0.127. The van der Waals surface area contributed by atoms with Crippen LogP contribution in [0.25, 0.3) is 0 Å². The maximum Gasteiger partial charge on any atom is 0.409 e. The van der Waals surface area contributed by atoms with Gasteiger partial charge in [0.1, 0.15) is 5.82 Å². The van der Waals surface area contributed by atoms with Crippen molar-refractivity contribution in [3.8, 4) is 0 Å². The molecule has 2 rings (SSSR count). The van der Waals surface area contributed by atoms with Gasteiger partial charge >= 0.3 is 6.09 Å². The van der Waals surface area contributed by atoms with Crippen LogP contribution < -0.4 is 10.6 Å². The Balaban J connectivity index is 0.00000450. The summed E-state index contributed by atoms with van der Waals surface area (Å²) in [4.78, 5) is 35.2. The van der Waals surface area contributed by atoms with Crippen LogP contribution >= 0.6 is 24.0 Å². The van der Waals surface area contributed by atoms with E-state index in [0.29, 0.717) is 38.5 Å². The molecule has 0 unspecified atom stereocenters. The lowest BCUT2D eigenvalue weighted by Crippen LogP contribution is -2.51. The van der Waals surface area contributed by atoms with Gasteiger partial charge in [-0.25, -0.2) is 14.2 Å². The highest BCUT2D eigenvalue weighted by molar-refractivity contribution is 14.0. The molecule has 0 aromatic carbocycles. The molecule has 0 spiro atoms. The molecule has 11 heteroatoms. The third-order valence-electron chi connectivity index (χ3n) is 4.49. The van der Waals surface area contributed by atoms with E-state index < -0.39 is 5.82 Å². The van der Waals surface area contributed by atoms with Gasteiger partial charge in [-0.2, -0.15) is 0 Å². The molecule has 0 atom stereocenters. The maximum atomic E-state index is 13.8. The topological polar surface area (TPSA) is 99.2 Å². The monoisotopic (exact) mass is 536 g/mol. The average molecular weight is 536 g/mol. The van der Waals surface area contributed by atoms with Gasteiger partial charge in [-0.3, -0.25) is 9.78 Å². The van der Waals surface area contributed by atoms with Gasteiger partial charge in [-0.1, -0.05) is 0 Å². The van der Waals surface area contributed by atoms with Crippen molar-refractivity contribution in [2.45, 2.75) is 32.4 Å². The minimum atomic E-state index is -0.428. The molecule has 168 valence electrons. The number of hydrogen-bond acceptors (Lipinski definition) is 5. The SMILES string of the molecule is CCOC(=O)N1CCC(NC(=NCc2ncccc2F)NCC(=O)N(C)C)CC1.I. The Hall–Kier alpha value is -2.18. The van der Waals surface area contributed by atoms with Crippen molar-refractivity contribution >= 4 is 41.9 Å². The molecule has 1 aromatic heterocycles. The van der Waals surface area contributed by atoms with Gasteiger partial charge in [-0.15, -0.1) is 24.0 Å².